The van der Waals surface area contributed by atoms with Crippen LogP contribution in [0.5, 0.6) is 0 Å². The van der Waals surface area contributed by atoms with Crippen molar-refractivity contribution in [2.75, 3.05) is 45.2 Å². The van der Waals surface area contributed by atoms with Crippen molar-refractivity contribution in [3.8, 4) is 0 Å². The van der Waals surface area contributed by atoms with Gasteiger partial charge in [0.25, 0.3) is 0 Å². The number of nitrogens with one attached hydrogen (secondary N) is 2. The molecule has 1 fully saturated rings. The van der Waals surface area contributed by atoms with Crippen molar-refractivity contribution in [1.29, 1.82) is 0 Å². The van der Waals surface area contributed by atoms with Gasteiger partial charge in [-0.05, 0) is 30.8 Å². The lowest BCUT2D eigenvalue weighted by molar-refractivity contribution is 0.312. The van der Waals surface area contributed by atoms with E-state index < -0.39 is 0 Å². The predicted octanol–water partition coefficient (Wildman–Crippen LogP) is 2.46. The van der Waals surface area contributed by atoms with Crippen LogP contribution in [-0.2, 0) is 13.1 Å². The molecule has 152 valence electrons. The molecule has 3 rings (SSSR count). The molecule has 0 spiro atoms. The number of aliphatic imine (C=N–C) groups is 1. The molecule has 28 heavy (non-hydrogen) atoms. The summed E-state index contributed by atoms with van der Waals surface area (Å²) in [5.41, 5.74) is 1.74. The summed E-state index contributed by atoms with van der Waals surface area (Å²) in [5.74, 6) is 1.43. The zero-order chi connectivity index (χ0) is 19.1. The van der Waals surface area contributed by atoms with E-state index in [1.54, 1.807) is 19.2 Å². The molecule has 0 bridgehead atoms. The summed E-state index contributed by atoms with van der Waals surface area (Å²) < 4.78 is 13.7. The summed E-state index contributed by atoms with van der Waals surface area (Å²) in [6.07, 6.45) is 1.85. The van der Waals surface area contributed by atoms with Crippen molar-refractivity contribution in [3.63, 3.8) is 0 Å². The lowest BCUT2D eigenvalue weighted by atomic mass is 10.2. The van der Waals surface area contributed by atoms with E-state index in [2.05, 4.69) is 43.5 Å². The first-order chi connectivity index (χ1) is 13.2. The maximum atomic E-state index is 13.7. The average molecular weight is 498 g/mol. The number of hydrogen-bond acceptors (Lipinski definition) is 4. The van der Waals surface area contributed by atoms with Crippen LogP contribution in [0.3, 0.4) is 0 Å². The van der Waals surface area contributed by atoms with Gasteiger partial charge in [-0.15, -0.1) is 24.0 Å². The van der Waals surface area contributed by atoms with E-state index in [0.29, 0.717) is 24.6 Å². The lowest BCUT2D eigenvalue weighted by Gasteiger charge is -2.33. The van der Waals surface area contributed by atoms with Crippen LogP contribution in [0, 0.1) is 5.82 Å². The summed E-state index contributed by atoms with van der Waals surface area (Å²) in [6, 6.07) is 10.9. The van der Waals surface area contributed by atoms with Gasteiger partial charge in [0.15, 0.2) is 5.96 Å². The molecular weight excluding hydrogens is 470 g/mol. The fourth-order valence-corrected chi connectivity index (χ4v) is 3.01. The maximum absolute atomic E-state index is 13.7. The number of rotatable bonds is 5. The largest absolute Gasteiger partial charge is 0.354 e. The molecule has 8 heteroatoms. The molecule has 0 atom stereocenters. The Bertz CT molecular complexity index is 777. The Morgan fingerprint density at radius 1 is 1.11 bits per heavy atom. The van der Waals surface area contributed by atoms with Crippen molar-refractivity contribution >= 4 is 35.8 Å². The topological polar surface area (TPSA) is 55.8 Å². The van der Waals surface area contributed by atoms with Crippen LogP contribution in [0.25, 0.3) is 0 Å². The zero-order valence-corrected chi connectivity index (χ0v) is 18.7. The highest BCUT2D eigenvalue weighted by Gasteiger charge is 2.15. The second-order valence-electron chi connectivity index (χ2n) is 6.68. The number of pyridine rings is 1. The van der Waals surface area contributed by atoms with Gasteiger partial charge in [0.1, 0.15) is 11.6 Å². The van der Waals surface area contributed by atoms with Gasteiger partial charge in [-0.25, -0.2) is 9.37 Å². The van der Waals surface area contributed by atoms with Crippen molar-refractivity contribution < 1.29 is 4.39 Å². The number of benzene rings is 1. The van der Waals surface area contributed by atoms with E-state index in [-0.39, 0.29) is 29.8 Å². The third kappa shape index (κ3) is 6.30. The molecule has 0 saturated carbocycles. The molecule has 1 aromatic carbocycles. The normalized spacial score (nSPS) is 15.1. The van der Waals surface area contributed by atoms with Gasteiger partial charge in [0.2, 0.25) is 0 Å². The minimum Gasteiger partial charge on any atom is -0.354 e. The van der Waals surface area contributed by atoms with E-state index in [1.807, 2.05) is 18.3 Å². The molecule has 0 amide bonds. The number of anilines is 1. The highest BCUT2D eigenvalue weighted by molar-refractivity contribution is 14.0. The number of likely N-dealkylation sites (N-methyl/N-ethyl adjacent to an activating group) is 1. The summed E-state index contributed by atoms with van der Waals surface area (Å²) in [6.45, 7) is 5.10. The SMILES string of the molecule is CN=C(NCc1ccnc(N2CCN(C)CC2)c1)NCc1ccccc1F.I. The second kappa shape index (κ2) is 11.2. The highest BCUT2D eigenvalue weighted by atomic mass is 127. The molecule has 0 aliphatic carbocycles. The Hall–Kier alpha value is -1.94. The van der Waals surface area contributed by atoms with Crippen molar-refractivity contribution in [2.45, 2.75) is 13.1 Å². The molecule has 2 aromatic rings. The molecule has 2 heterocycles. The lowest BCUT2D eigenvalue weighted by Crippen LogP contribution is -2.44. The molecule has 1 saturated heterocycles. The first kappa shape index (κ1) is 22.4. The van der Waals surface area contributed by atoms with Crippen LogP contribution in [0.15, 0.2) is 47.6 Å². The van der Waals surface area contributed by atoms with Gasteiger partial charge in [-0.3, -0.25) is 4.99 Å². The van der Waals surface area contributed by atoms with Crippen molar-refractivity contribution in [2.24, 2.45) is 4.99 Å². The monoisotopic (exact) mass is 498 g/mol. The van der Waals surface area contributed by atoms with Gasteiger partial charge in [-0.1, -0.05) is 18.2 Å². The Labute approximate surface area is 183 Å². The Morgan fingerprint density at radius 3 is 2.54 bits per heavy atom. The number of guanidine groups is 1. The molecular formula is C20H28FIN6. The van der Waals surface area contributed by atoms with Gasteiger partial charge in [0.05, 0.1) is 0 Å². The Kier molecular flexibility index (Phi) is 8.91. The molecule has 2 N–H and O–H groups in total. The molecule has 1 aliphatic rings. The van der Waals surface area contributed by atoms with Crippen molar-refractivity contribution in [1.82, 2.24) is 20.5 Å². The first-order valence-electron chi connectivity index (χ1n) is 9.22. The van der Waals surface area contributed by atoms with Gasteiger partial charge in [0, 0.05) is 58.1 Å². The average Bonchev–Trinajstić information content (AvgIpc) is 2.70. The Morgan fingerprint density at radius 2 is 1.82 bits per heavy atom. The van der Waals surface area contributed by atoms with E-state index in [4.69, 9.17) is 0 Å². The van der Waals surface area contributed by atoms with Crippen LogP contribution in [0.2, 0.25) is 0 Å². The summed E-state index contributed by atoms with van der Waals surface area (Å²) in [4.78, 5) is 13.4. The highest BCUT2D eigenvalue weighted by Crippen LogP contribution is 2.14. The van der Waals surface area contributed by atoms with Crippen molar-refractivity contribution in [3.05, 3.63) is 59.5 Å². The van der Waals surface area contributed by atoms with Gasteiger partial charge < -0.3 is 20.4 Å². The number of hydrogen-bond donors (Lipinski definition) is 2. The summed E-state index contributed by atoms with van der Waals surface area (Å²) in [5, 5.41) is 6.42. The van der Waals surface area contributed by atoms with Crippen LogP contribution < -0.4 is 15.5 Å². The van der Waals surface area contributed by atoms with Crippen LogP contribution in [0.1, 0.15) is 11.1 Å². The van der Waals surface area contributed by atoms with E-state index in [9.17, 15) is 4.39 Å². The quantitative estimate of drug-likeness (QED) is 0.377. The van der Waals surface area contributed by atoms with Crippen LogP contribution in [-0.4, -0.2) is 56.1 Å². The number of aromatic nitrogens is 1. The zero-order valence-electron chi connectivity index (χ0n) is 16.4. The minimum absolute atomic E-state index is 0. The fraction of sp³-hybridized carbons (Fsp3) is 0.400. The standard InChI is InChI=1S/C20H27FN6.HI/c1-22-20(25-15-17-5-3-4-6-18(17)21)24-14-16-7-8-23-19(13-16)27-11-9-26(2)10-12-27;/h3-8,13H,9-12,14-15H2,1-2H3,(H2,22,24,25);1H. The van der Waals surface area contributed by atoms with Crippen LogP contribution >= 0.6 is 24.0 Å². The molecule has 6 nitrogen and oxygen atoms in total. The molecule has 0 unspecified atom stereocenters. The van der Waals surface area contributed by atoms with E-state index in [1.165, 1.54) is 6.07 Å². The third-order valence-electron chi connectivity index (χ3n) is 4.72. The predicted molar refractivity (Wildman–Crippen MR) is 123 cm³/mol. The Balaban J connectivity index is 0.00000280. The molecule has 1 aromatic heterocycles. The minimum atomic E-state index is -0.216. The summed E-state index contributed by atoms with van der Waals surface area (Å²) >= 11 is 0. The fourth-order valence-electron chi connectivity index (χ4n) is 3.01. The van der Waals surface area contributed by atoms with Crippen LogP contribution in [0.4, 0.5) is 10.2 Å². The number of piperazine rings is 1. The van der Waals surface area contributed by atoms with Gasteiger partial charge in [-0.2, -0.15) is 0 Å². The van der Waals surface area contributed by atoms with Gasteiger partial charge >= 0.3 is 0 Å². The number of halogens is 2. The third-order valence-corrected chi connectivity index (χ3v) is 4.72. The second-order valence-corrected chi connectivity index (χ2v) is 6.68. The first-order valence-corrected chi connectivity index (χ1v) is 9.22. The van der Waals surface area contributed by atoms with E-state index >= 15 is 0 Å². The maximum Gasteiger partial charge on any atom is 0.191 e. The smallest absolute Gasteiger partial charge is 0.191 e. The number of nitrogens with zero attached hydrogens (tertiary/aromatic N) is 4. The summed E-state index contributed by atoms with van der Waals surface area (Å²) in [7, 11) is 3.85. The molecule has 0 radical (unpaired) electrons. The molecule has 1 aliphatic heterocycles. The van der Waals surface area contributed by atoms with E-state index in [0.717, 1.165) is 37.6 Å².